The van der Waals surface area contributed by atoms with Crippen molar-refractivity contribution < 1.29 is 19.4 Å². The van der Waals surface area contributed by atoms with Crippen LogP contribution in [0.1, 0.15) is 74.6 Å². The molecular formula is C37H40N6O4S. The standard InChI is InChI=1S/C37H40N6O4S/c1-23(2)29-17-16-28-33(41-29)38-22-39-34(28)42-31-21-25(35(45)43-30(19-20-44)24-9-7-6-8-10-24)11-18-32(31)48-27-14-12-26(13-15-27)40-36(46)47-37(3,4)5/h6-18,21-23,30,44H,19-20H2,1-5H3,(H,40,46)(H,43,45)(H,38,39,41,42)/t30-/m0/s1. The van der Waals surface area contributed by atoms with Crippen LogP contribution in [0.25, 0.3) is 11.0 Å². The fourth-order valence-electron chi connectivity index (χ4n) is 4.90. The largest absolute Gasteiger partial charge is 0.444 e. The smallest absolute Gasteiger partial charge is 0.412 e. The van der Waals surface area contributed by atoms with E-state index >= 15 is 0 Å². The number of pyridine rings is 1. The number of benzene rings is 3. The van der Waals surface area contributed by atoms with Crippen LogP contribution in [0.4, 0.5) is 22.0 Å². The lowest BCUT2D eigenvalue weighted by Crippen LogP contribution is -2.29. The van der Waals surface area contributed by atoms with E-state index in [9.17, 15) is 14.7 Å². The Morgan fingerprint density at radius 3 is 2.38 bits per heavy atom. The molecule has 0 saturated carbocycles. The van der Waals surface area contributed by atoms with Crippen molar-refractivity contribution in [1.82, 2.24) is 20.3 Å². The summed E-state index contributed by atoms with van der Waals surface area (Å²) in [4.78, 5) is 41.2. The maximum Gasteiger partial charge on any atom is 0.412 e. The number of aliphatic hydroxyl groups excluding tert-OH is 1. The predicted molar refractivity (Wildman–Crippen MR) is 190 cm³/mol. The summed E-state index contributed by atoms with van der Waals surface area (Å²) in [6, 6.07) is 26.0. The van der Waals surface area contributed by atoms with Gasteiger partial charge in [-0.2, -0.15) is 0 Å². The summed E-state index contributed by atoms with van der Waals surface area (Å²) < 4.78 is 5.36. The first-order chi connectivity index (χ1) is 23.0. The zero-order valence-corrected chi connectivity index (χ0v) is 28.5. The molecule has 4 N–H and O–H groups in total. The average molecular weight is 665 g/mol. The molecule has 1 atom stereocenters. The molecule has 2 aromatic heterocycles. The highest BCUT2D eigenvalue weighted by Crippen LogP contribution is 2.37. The van der Waals surface area contributed by atoms with Crippen molar-refractivity contribution in [3.63, 3.8) is 0 Å². The zero-order valence-electron chi connectivity index (χ0n) is 27.7. The van der Waals surface area contributed by atoms with Gasteiger partial charge in [0.2, 0.25) is 0 Å². The van der Waals surface area contributed by atoms with E-state index in [-0.39, 0.29) is 24.5 Å². The van der Waals surface area contributed by atoms with E-state index in [0.717, 1.165) is 26.4 Å². The van der Waals surface area contributed by atoms with Gasteiger partial charge in [0.15, 0.2) is 5.65 Å². The number of ether oxygens (including phenoxy) is 1. The molecule has 11 heteroatoms. The molecule has 3 aromatic carbocycles. The molecule has 248 valence electrons. The highest BCUT2D eigenvalue weighted by Gasteiger charge is 2.19. The SMILES string of the molecule is CC(C)c1ccc2c(Nc3cc(C(=O)N[C@@H](CCO)c4ccccc4)ccc3Sc3ccc(NC(=O)OC(C)(C)C)cc3)ncnc2n1. The molecule has 0 aliphatic carbocycles. The summed E-state index contributed by atoms with van der Waals surface area (Å²) in [5, 5.41) is 19.7. The Morgan fingerprint density at radius 2 is 1.69 bits per heavy atom. The summed E-state index contributed by atoms with van der Waals surface area (Å²) in [5.41, 5.74) is 3.53. The first kappa shape index (κ1) is 34.3. The lowest BCUT2D eigenvalue weighted by Gasteiger charge is -2.20. The van der Waals surface area contributed by atoms with Crippen molar-refractivity contribution in [2.75, 3.05) is 17.2 Å². The van der Waals surface area contributed by atoms with Gasteiger partial charge in [-0.15, -0.1) is 0 Å². The predicted octanol–water partition coefficient (Wildman–Crippen LogP) is 8.24. The van der Waals surface area contributed by atoms with Crippen LogP contribution in [0.15, 0.2) is 101 Å². The highest BCUT2D eigenvalue weighted by molar-refractivity contribution is 7.99. The monoisotopic (exact) mass is 664 g/mol. The van der Waals surface area contributed by atoms with Crippen molar-refractivity contribution >= 4 is 52.0 Å². The topological polar surface area (TPSA) is 138 Å². The van der Waals surface area contributed by atoms with E-state index in [1.165, 1.54) is 18.1 Å². The molecule has 10 nitrogen and oxygen atoms in total. The van der Waals surface area contributed by atoms with E-state index in [4.69, 9.17) is 9.72 Å². The van der Waals surface area contributed by atoms with Crippen molar-refractivity contribution in [3.05, 3.63) is 108 Å². The van der Waals surface area contributed by atoms with Gasteiger partial charge in [0.1, 0.15) is 17.7 Å². The summed E-state index contributed by atoms with van der Waals surface area (Å²) in [7, 11) is 0. The number of fused-ring (bicyclic) bond motifs is 1. The normalized spacial score (nSPS) is 12.1. The van der Waals surface area contributed by atoms with Crippen LogP contribution >= 0.6 is 11.8 Å². The molecule has 5 rings (SSSR count). The average Bonchev–Trinajstić information content (AvgIpc) is 3.05. The molecule has 0 saturated heterocycles. The Balaban J connectivity index is 1.45. The van der Waals surface area contributed by atoms with E-state index in [1.54, 1.807) is 12.1 Å². The van der Waals surface area contributed by atoms with Crippen molar-refractivity contribution in [2.24, 2.45) is 0 Å². The molecule has 5 aromatic rings. The lowest BCUT2D eigenvalue weighted by molar-refractivity contribution is 0.0635. The van der Waals surface area contributed by atoms with Gasteiger partial charge in [-0.3, -0.25) is 10.1 Å². The third kappa shape index (κ3) is 9.08. The molecule has 0 spiro atoms. The lowest BCUT2D eigenvalue weighted by atomic mass is 10.0. The number of carbonyl (C=O) groups is 2. The van der Waals surface area contributed by atoms with Crippen LogP contribution in [0.3, 0.4) is 0 Å². The fraction of sp³-hybridized carbons (Fsp3) is 0.270. The van der Waals surface area contributed by atoms with Crippen molar-refractivity contribution in [2.45, 2.75) is 68.4 Å². The molecule has 0 aliphatic heterocycles. The quantitative estimate of drug-likeness (QED) is 0.110. The minimum atomic E-state index is -0.602. The molecule has 0 radical (unpaired) electrons. The van der Waals surface area contributed by atoms with E-state index in [2.05, 4.69) is 39.8 Å². The van der Waals surface area contributed by atoms with Crippen LogP contribution in [0.5, 0.6) is 0 Å². The second-order valence-electron chi connectivity index (χ2n) is 12.5. The number of aliphatic hydroxyl groups is 1. The Hall–Kier alpha value is -5.00. The number of aromatic nitrogens is 3. The minimum absolute atomic E-state index is 0.0678. The Bertz CT molecular complexity index is 1880. The molecule has 2 amide bonds. The third-order valence-corrected chi connectivity index (χ3v) is 8.34. The second-order valence-corrected chi connectivity index (χ2v) is 13.6. The summed E-state index contributed by atoms with van der Waals surface area (Å²) in [5.74, 6) is 0.530. The van der Waals surface area contributed by atoms with Gasteiger partial charge < -0.3 is 20.5 Å². The summed E-state index contributed by atoms with van der Waals surface area (Å²) in [6.07, 6.45) is 1.33. The third-order valence-electron chi connectivity index (χ3n) is 7.26. The van der Waals surface area contributed by atoms with Gasteiger partial charge in [0.05, 0.1) is 17.1 Å². The number of nitrogens with zero attached hydrogens (tertiary/aromatic N) is 3. The van der Waals surface area contributed by atoms with Gasteiger partial charge in [0, 0.05) is 33.3 Å². The Kier molecular flexibility index (Phi) is 10.9. The van der Waals surface area contributed by atoms with Gasteiger partial charge >= 0.3 is 6.09 Å². The van der Waals surface area contributed by atoms with Gasteiger partial charge in [-0.1, -0.05) is 55.9 Å². The molecule has 2 heterocycles. The van der Waals surface area contributed by atoms with E-state index in [1.807, 2.05) is 93.6 Å². The number of nitrogens with one attached hydrogen (secondary N) is 3. The molecule has 0 unspecified atom stereocenters. The van der Waals surface area contributed by atoms with Crippen molar-refractivity contribution in [3.8, 4) is 0 Å². The van der Waals surface area contributed by atoms with Crippen LogP contribution in [0.2, 0.25) is 0 Å². The van der Waals surface area contributed by atoms with E-state index < -0.39 is 11.7 Å². The van der Waals surface area contributed by atoms with E-state index in [0.29, 0.717) is 34.8 Å². The molecular weight excluding hydrogens is 625 g/mol. The van der Waals surface area contributed by atoms with Crippen LogP contribution in [-0.4, -0.2) is 44.3 Å². The number of anilines is 3. The number of rotatable bonds is 11. The first-order valence-corrected chi connectivity index (χ1v) is 16.6. The number of carbonyl (C=O) groups excluding carboxylic acids is 2. The maximum absolute atomic E-state index is 13.6. The Morgan fingerprint density at radius 1 is 0.938 bits per heavy atom. The zero-order chi connectivity index (χ0) is 34.3. The highest BCUT2D eigenvalue weighted by atomic mass is 32.2. The fourth-order valence-corrected chi connectivity index (χ4v) is 5.78. The van der Waals surface area contributed by atoms with Crippen LogP contribution in [0, 0.1) is 0 Å². The van der Waals surface area contributed by atoms with Gasteiger partial charge in [0.25, 0.3) is 5.91 Å². The summed E-state index contributed by atoms with van der Waals surface area (Å²) >= 11 is 1.49. The number of hydrogen-bond donors (Lipinski definition) is 4. The number of amides is 2. The molecule has 0 aliphatic rings. The summed E-state index contributed by atoms with van der Waals surface area (Å²) in [6.45, 7) is 9.53. The molecule has 48 heavy (non-hydrogen) atoms. The first-order valence-electron chi connectivity index (χ1n) is 15.8. The van der Waals surface area contributed by atoms with Crippen molar-refractivity contribution in [1.29, 1.82) is 0 Å². The minimum Gasteiger partial charge on any atom is -0.444 e. The van der Waals surface area contributed by atoms with Gasteiger partial charge in [-0.05, 0) is 93.3 Å². The maximum atomic E-state index is 13.6. The van der Waals surface area contributed by atoms with Crippen LogP contribution < -0.4 is 16.0 Å². The Labute approximate surface area is 284 Å². The number of hydrogen-bond acceptors (Lipinski definition) is 9. The molecule has 0 fully saturated rings. The second kappa shape index (κ2) is 15.3. The van der Waals surface area contributed by atoms with Crippen LogP contribution in [-0.2, 0) is 4.74 Å². The van der Waals surface area contributed by atoms with Gasteiger partial charge in [-0.25, -0.2) is 19.7 Å². The molecule has 0 bridgehead atoms.